The van der Waals surface area contributed by atoms with Gasteiger partial charge < -0.3 is 34.8 Å². The number of anilines is 2. The largest absolute Gasteiger partial charge is 0.400 e. The lowest BCUT2D eigenvalue weighted by atomic mass is 9.79. The summed E-state index contributed by atoms with van der Waals surface area (Å²) in [6, 6.07) is 11.9. The molecule has 3 heterocycles. The van der Waals surface area contributed by atoms with Gasteiger partial charge in [-0.15, -0.1) is 8.86 Å². The van der Waals surface area contributed by atoms with Crippen LogP contribution in [-0.4, -0.2) is 92.8 Å². The number of aldehydes is 2. The van der Waals surface area contributed by atoms with Crippen LogP contribution in [0.25, 0.3) is 11.1 Å². The molecule has 14 heteroatoms. The molecule has 0 atom stereocenters. The van der Waals surface area contributed by atoms with Crippen molar-refractivity contribution in [1.82, 2.24) is 24.0 Å². The first-order valence-electron chi connectivity index (χ1n) is 26.5. The highest BCUT2D eigenvalue weighted by Gasteiger charge is 2.53. The molecule has 2 aromatic carbocycles. The minimum atomic E-state index is -0.249. The molecule has 4 aromatic rings. The van der Waals surface area contributed by atoms with Gasteiger partial charge in [-0.05, 0) is 131 Å². The Balaban J connectivity index is 0.000000318. The van der Waals surface area contributed by atoms with Crippen LogP contribution >= 0.6 is 20.5 Å². The summed E-state index contributed by atoms with van der Waals surface area (Å²) in [6.45, 7) is 11.4. The zero-order chi connectivity index (χ0) is 52.2. The molecule has 0 saturated heterocycles. The second kappa shape index (κ2) is 28.9. The smallest absolute Gasteiger partial charge is 0.291 e. The molecule has 0 radical (unpaired) electrons. The molecule has 12 nitrogen and oxygen atoms in total. The Morgan fingerprint density at radius 3 is 2.11 bits per heavy atom. The van der Waals surface area contributed by atoms with Gasteiger partial charge in [-0.2, -0.15) is 0 Å². The van der Waals surface area contributed by atoms with Crippen LogP contribution < -0.4 is 10.6 Å². The lowest BCUT2D eigenvalue weighted by Crippen LogP contribution is -2.32. The number of aliphatic hydroxyl groups is 2. The number of hydrogen-bond donors (Lipinski definition) is 4. The number of benzene rings is 2. The van der Waals surface area contributed by atoms with Gasteiger partial charge in [0.05, 0.1) is 22.1 Å². The molecule has 392 valence electrons. The zero-order valence-electron chi connectivity index (χ0n) is 44.7. The van der Waals surface area contributed by atoms with Gasteiger partial charge in [0, 0.05) is 82.9 Å². The predicted octanol–water partition coefficient (Wildman–Crippen LogP) is 11.9. The van der Waals surface area contributed by atoms with Gasteiger partial charge in [0.1, 0.15) is 6.29 Å². The maximum atomic E-state index is 13.6. The van der Waals surface area contributed by atoms with Crippen LogP contribution in [0.5, 0.6) is 0 Å². The van der Waals surface area contributed by atoms with Gasteiger partial charge in [0.15, 0.2) is 17.9 Å². The minimum absolute atomic E-state index is 0.0188. The number of unbranched alkanes of at least 4 members (excludes halogenated alkanes) is 2. The van der Waals surface area contributed by atoms with Gasteiger partial charge >= 0.3 is 0 Å². The van der Waals surface area contributed by atoms with Crippen LogP contribution in [0.3, 0.4) is 0 Å². The van der Waals surface area contributed by atoms with Crippen LogP contribution in [-0.2, 0) is 51.1 Å². The van der Waals surface area contributed by atoms with Gasteiger partial charge in [-0.3, -0.25) is 14.5 Å². The van der Waals surface area contributed by atoms with Crippen molar-refractivity contribution in [2.75, 3.05) is 45.0 Å². The minimum Gasteiger partial charge on any atom is -0.400 e. The number of fused-ring (bicyclic) bond motifs is 3. The SMILES string of the molecule is CC.CCCc1c(CCCCC23CCC(C=O)(CC2)C3)nc(C(=O)Nc2cccc(-c3cccc(NC)c3CC)c2Cl)n1C.CO.CO.Cn1c(C=O)nc2c1CCN(CCCCC1(C=P)CCCC1)C2. The molecule has 1 amide bonds. The Bertz CT molecular complexity index is 2330. The van der Waals surface area contributed by atoms with E-state index in [1.807, 2.05) is 68.4 Å². The standard InChI is InChI=1S/C35H45ClN4O2.C18H28N3OP.C2H6.2CH4O/c1-5-11-30-28(14-7-8-17-34-18-20-35(22-34,23-41)21-19-34)38-32(40(30)4)33(42)39-29-16-10-13-26(31(29)36)25-12-9-15-27(37-3)24(25)6-2;1-20-16-6-11-21(12-15(16)19-17(20)13-22)10-5-4-9-18(14-23)7-2-3-8-18;3*1-2/h9-10,12-13,15-16,23,37H,5-8,11,14,17-22H2,1-4H3,(H,39,42);13-14,23H,2-12H2,1H3;1-2H3;2*2H,1H3. The van der Waals surface area contributed by atoms with Crippen molar-refractivity contribution >= 4 is 56.1 Å². The fourth-order valence-corrected chi connectivity index (χ4v) is 12.6. The van der Waals surface area contributed by atoms with E-state index in [-0.39, 0.29) is 11.3 Å². The summed E-state index contributed by atoms with van der Waals surface area (Å²) < 4.78 is 3.91. The van der Waals surface area contributed by atoms with Crippen molar-refractivity contribution in [3.63, 3.8) is 0 Å². The molecule has 71 heavy (non-hydrogen) atoms. The molecule has 3 aliphatic carbocycles. The van der Waals surface area contributed by atoms with E-state index in [1.54, 1.807) is 0 Å². The number of aromatic nitrogens is 4. The fourth-order valence-electron chi connectivity index (χ4n) is 11.9. The molecule has 2 bridgehead atoms. The molecular weight excluding hydrogens is 929 g/mol. The molecule has 8 rings (SSSR count). The monoisotopic (exact) mass is 1020 g/mol. The highest BCUT2D eigenvalue weighted by atomic mass is 35.5. The van der Waals surface area contributed by atoms with Crippen molar-refractivity contribution in [3.05, 3.63) is 81.4 Å². The van der Waals surface area contributed by atoms with Gasteiger partial charge in [-0.25, -0.2) is 9.97 Å². The zero-order valence-corrected chi connectivity index (χ0v) is 46.4. The number of halogens is 1. The first kappa shape index (κ1) is 59.4. The van der Waals surface area contributed by atoms with E-state index in [2.05, 4.69) is 61.2 Å². The summed E-state index contributed by atoms with van der Waals surface area (Å²) in [5.74, 6) is 3.01. The summed E-state index contributed by atoms with van der Waals surface area (Å²) >= 11 is 6.93. The number of aryl methyl sites for hydroxylation is 1. The number of amides is 1. The molecule has 4 aliphatic rings. The van der Waals surface area contributed by atoms with E-state index in [0.29, 0.717) is 33.2 Å². The molecular formula is C57H87ClN7O5P. The van der Waals surface area contributed by atoms with E-state index in [4.69, 9.17) is 26.8 Å². The molecule has 3 fully saturated rings. The summed E-state index contributed by atoms with van der Waals surface area (Å²) in [5.41, 5.74) is 10.1. The Morgan fingerprint density at radius 2 is 1.51 bits per heavy atom. The summed E-state index contributed by atoms with van der Waals surface area (Å²) in [4.78, 5) is 48.1. The lowest BCUT2D eigenvalue weighted by Gasteiger charge is -2.28. The Kier molecular flexibility index (Phi) is 24.2. The first-order chi connectivity index (χ1) is 34.5. The summed E-state index contributed by atoms with van der Waals surface area (Å²) in [5, 5.41) is 20.9. The first-order valence-corrected chi connectivity index (χ1v) is 27.5. The van der Waals surface area contributed by atoms with Crippen molar-refractivity contribution in [1.29, 1.82) is 0 Å². The second-order valence-electron chi connectivity index (χ2n) is 19.8. The molecule has 2 aromatic heterocycles. The number of carbonyl (C=O) groups is 3. The van der Waals surface area contributed by atoms with Crippen molar-refractivity contribution in [3.8, 4) is 11.1 Å². The molecule has 0 unspecified atom stereocenters. The van der Waals surface area contributed by atoms with E-state index < -0.39 is 0 Å². The van der Waals surface area contributed by atoms with Crippen molar-refractivity contribution < 1.29 is 24.6 Å². The number of carbonyl (C=O) groups excluding carboxylic acids is 3. The third-order valence-corrected chi connectivity index (χ3v) is 16.8. The van der Waals surface area contributed by atoms with Crippen LogP contribution in [0.1, 0.15) is 180 Å². The number of imidazole rings is 2. The highest BCUT2D eigenvalue weighted by molar-refractivity contribution is 7.18. The second-order valence-corrected chi connectivity index (χ2v) is 20.5. The quantitative estimate of drug-likeness (QED) is 0.0385. The Hall–Kier alpha value is -4.19. The number of rotatable bonds is 20. The normalized spacial score (nSPS) is 19.3. The van der Waals surface area contributed by atoms with Crippen LogP contribution in [0.2, 0.25) is 5.02 Å². The third-order valence-electron chi connectivity index (χ3n) is 15.8. The van der Waals surface area contributed by atoms with E-state index in [9.17, 15) is 14.4 Å². The Morgan fingerprint density at radius 1 is 0.845 bits per heavy atom. The van der Waals surface area contributed by atoms with E-state index >= 15 is 0 Å². The third kappa shape index (κ3) is 14.3. The van der Waals surface area contributed by atoms with Crippen molar-refractivity contribution in [2.24, 2.45) is 30.3 Å². The molecule has 4 N–H and O–H groups in total. The lowest BCUT2D eigenvalue weighted by molar-refractivity contribution is -0.115. The molecule has 0 spiro atoms. The average Bonchev–Trinajstić information content (AvgIpc) is 4.26. The summed E-state index contributed by atoms with van der Waals surface area (Å²) in [6.07, 6.45) is 25.1. The Labute approximate surface area is 433 Å². The van der Waals surface area contributed by atoms with Crippen LogP contribution in [0.15, 0.2) is 36.4 Å². The van der Waals surface area contributed by atoms with Gasteiger partial charge in [0.2, 0.25) is 0 Å². The van der Waals surface area contributed by atoms with E-state index in [0.717, 1.165) is 138 Å². The number of aliphatic hydroxyl groups excluding tert-OH is 2. The van der Waals surface area contributed by atoms with Gasteiger partial charge in [-0.1, -0.05) is 101 Å². The number of nitrogens with zero attached hydrogens (tertiary/aromatic N) is 5. The molecule has 3 saturated carbocycles. The van der Waals surface area contributed by atoms with Crippen molar-refractivity contribution in [2.45, 2.75) is 163 Å². The number of nitrogens with one attached hydrogen (secondary N) is 2. The number of hydrogen-bond acceptors (Lipinski definition) is 9. The van der Waals surface area contributed by atoms with Crippen LogP contribution in [0.4, 0.5) is 11.4 Å². The maximum Gasteiger partial charge on any atom is 0.291 e. The van der Waals surface area contributed by atoms with E-state index in [1.165, 1.54) is 81.8 Å². The average molecular weight is 1020 g/mol. The highest BCUT2D eigenvalue weighted by Crippen LogP contribution is 2.62. The predicted molar refractivity (Wildman–Crippen MR) is 297 cm³/mol. The fraction of sp³-hybridized carbons (Fsp3) is 0.614. The molecule has 1 aliphatic heterocycles. The summed E-state index contributed by atoms with van der Waals surface area (Å²) in [7, 11) is 11.5. The van der Waals surface area contributed by atoms with Gasteiger partial charge in [0.25, 0.3) is 5.91 Å². The topological polar surface area (TPSA) is 155 Å². The van der Waals surface area contributed by atoms with Crippen LogP contribution in [0, 0.1) is 16.2 Å². The maximum absolute atomic E-state index is 13.6.